The van der Waals surface area contributed by atoms with Gasteiger partial charge in [-0.2, -0.15) is 0 Å². The molecule has 1 amide bonds. The molecular formula is C18H21FN4O. The predicted molar refractivity (Wildman–Crippen MR) is 88.9 cm³/mol. The van der Waals surface area contributed by atoms with Crippen LogP contribution in [0.3, 0.4) is 0 Å². The summed E-state index contributed by atoms with van der Waals surface area (Å²) in [6.07, 6.45) is 5.30. The summed E-state index contributed by atoms with van der Waals surface area (Å²) in [5.74, 6) is 0.835. The highest BCUT2D eigenvalue weighted by molar-refractivity contribution is 5.96. The van der Waals surface area contributed by atoms with E-state index < -0.39 is 0 Å². The molecule has 0 bridgehead atoms. The number of anilines is 1. The van der Waals surface area contributed by atoms with E-state index in [1.54, 1.807) is 17.0 Å². The van der Waals surface area contributed by atoms with Gasteiger partial charge in [-0.25, -0.2) is 9.37 Å². The van der Waals surface area contributed by atoms with Gasteiger partial charge in [0.25, 0.3) is 0 Å². The van der Waals surface area contributed by atoms with Crippen molar-refractivity contribution in [3.8, 4) is 0 Å². The van der Waals surface area contributed by atoms with Gasteiger partial charge in [-0.15, -0.1) is 0 Å². The molecule has 0 aliphatic carbocycles. The Bertz CT molecular complexity index is 774. The predicted octanol–water partition coefficient (Wildman–Crippen LogP) is 2.19. The van der Waals surface area contributed by atoms with Crippen molar-refractivity contribution in [2.45, 2.75) is 19.4 Å². The van der Waals surface area contributed by atoms with Crippen LogP contribution in [0.2, 0.25) is 0 Å². The van der Waals surface area contributed by atoms with Gasteiger partial charge in [0.15, 0.2) is 0 Å². The van der Waals surface area contributed by atoms with E-state index in [1.165, 1.54) is 12.1 Å². The number of aryl methyl sites for hydroxylation is 1. The number of carbonyl (C=O) groups is 1. The van der Waals surface area contributed by atoms with Crippen LogP contribution in [0.4, 0.5) is 10.1 Å². The zero-order valence-corrected chi connectivity index (χ0v) is 13.8. The topological polar surface area (TPSA) is 41.4 Å². The van der Waals surface area contributed by atoms with Crippen LogP contribution in [0.15, 0.2) is 36.7 Å². The third-order valence-electron chi connectivity index (χ3n) is 5.24. The van der Waals surface area contributed by atoms with E-state index in [0.717, 1.165) is 31.9 Å². The number of benzene rings is 1. The van der Waals surface area contributed by atoms with Crippen molar-refractivity contribution in [2.24, 2.45) is 12.5 Å². The highest BCUT2D eigenvalue weighted by Crippen LogP contribution is 2.42. The van der Waals surface area contributed by atoms with Gasteiger partial charge in [0.2, 0.25) is 5.91 Å². The monoisotopic (exact) mass is 328 g/mol. The van der Waals surface area contributed by atoms with Gasteiger partial charge >= 0.3 is 0 Å². The minimum Gasteiger partial charge on any atom is -0.337 e. The lowest BCUT2D eigenvalue weighted by Crippen LogP contribution is -2.31. The fraction of sp³-hybridized carbons (Fsp3) is 0.444. The summed E-state index contributed by atoms with van der Waals surface area (Å²) in [6.45, 7) is 3.33. The summed E-state index contributed by atoms with van der Waals surface area (Å²) in [5.41, 5.74) is 0.647. The Morgan fingerprint density at radius 1 is 1.33 bits per heavy atom. The summed E-state index contributed by atoms with van der Waals surface area (Å²) in [7, 11) is 2.00. The molecule has 0 N–H and O–H groups in total. The molecule has 1 spiro atoms. The van der Waals surface area contributed by atoms with Crippen molar-refractivity contribution in [1.82, 2.24) is 14.5 Å². The summed E-state index contributed by atoms with van der Waals surface area (Å²) in [4.78, 5) is 21.0. The molecule has 1 aromatic carbocycles. The van der Waals surface area contributed by atoms with Crippen LogP contribution in [0.25, 0.3) is 0 Å². The second kappa shape index (κ2) is 5.70. The third kappa shape index (κ3) is 2.71. The van der Waals surface area contributed by atoms with Gasteiger partial charge in [0, 0.05) is 50.1 Å². The van der Waals surface area contributed by atoms with Crippen molar-refractivity contribution in [2.75, 3.05) is 24.5 Å². The average Bonchev–Trinajstić information content (AvgIpc) is 3.21. The van der Waals surface area contributed by atoms with Crippen LogP contribution in [0.5, 0.6) is 0 Å². The molecule has 4 rings (SSSR count). The van der Waals surface area contributed by atoms with Crippen LogP contribution in [0.1, 0.15) is 18.7 Å². The molecule has 5 nitrogen and oxygen atoms in total. The number of carbonyl (C=O) groups excluding carboxylic acids is 1. The van der Waals surface area contributed by atoms with E-state index >= 15 is 0 Å². The number of rotatable bonds is 3. The highest BCUT2D eigenvalue weighted by atomic mass is 19.1. The highest BCUT2D eigenvalue weighted by Gasteiger charge is 2.47. The third-order valence-corrected chi connectivity index (χ3v) is 5.24. The summed E-state index contributed by atoms with van der Waals surface area (Å²) in [5, 5.41) is 0. The van der Waals surface area contributed by atoms with Gasteiger partial charge in [-0.1, -0.05) is 6.07 Å². The van der Waals surface area contributed by atoms with Gasteiger partial charge in [-0.3, -0.25) is 9.69 Å². The van der Waals surface area contributed by atoms with Crippen molar-refractivity contribution >= 4 is 11.6 Å². The number of halogens is 1. The van der Waals surface area contributed by atoms with Gasteiger partial charge in [0.05, 0.1) is 6.54 Å². The van der Waals surface area contributed by atoms with E-state index in [1.807, 2.05) is 24.0 Å². The Kier molecular flexibility index (Phi) is 3.64. The first kappa shape index (κ1) is 15.3. The summed E-state index contributed by atoms with van der Waals surface area (Å²) in [6, 6.07) is 6.31. The zero-order chi connectivity index (χ0) is 16.7. The minimum atomic E-state index is -0.302. The van der Waals surface area contributed by atoms with E-state index in [-0.39, 0.29) is 17.1 Å². The smallest absolute Gasteiger partial charge is 0.227 e. The Balaban J connectivity index is 1.47. The van der Waals surface area contributed by atoms with E-state index in [9.17, 15) is 9.18 Å². The number of likely N-dealkylation sites (tertiary alicyclic amines) is 1. The van der Waals surface area contributed by atoms with E-state index in [0.29, 0.717) is 18.7 Å². The Hall–Kier alpha value is -2.21. The molecule has 24 heavy (non-hydrogen) atoms. The quantitative estimate of drug-likeness (QED) is 0.867. The van der Waals surface area contributed by atoms with Crippen molar-refractivity contribution in [3.05, 3.63) is 48.3 Å². The molecule has 2 aliphatic rings. The lowest BCUT2D eigenvalue weighted by atomic mass is 9.86. The zero-order valence-electron chi connectivity index (χ0n) is 13.8. The summed E-state index contributed by atoms with van der Waals surface area (Å²) >= 11 is 0. The summed E-state index contributed by atoms with van der Waals surface area (Å²) < 4.78 is 15.5. The van der Waals surface area contributed by atoms with Crippen molar-refractivity contribution in [1.29, 1.82) is 0 Å². The maximum atomic E-state index is 13.5. The first-order chi connectivity index (χ1) is 11.5. The first-order valence-corrected chi connectivity index (χ1v) is 8.29. The molecule has 0 saturated carbocycles. The molecule has 1 aromatic heterocycles. The van der Waals surface area contributed by atoms with Crippen molar-refractivity contribution < 1.29 is 9.18 Å². The fourth-order valence-electron chi connectivity index (χ4n) is 3.96. The number of hydrogen-bond acceptors (Lipinski definition) is 3. The Labute approximate surface area is 140 Å². The molecule has 126 valence electrons. The molecular weight excluding hydrogens is 307 g/mol. The molecule has 2 aliphatic heterocycles. The fourth-order valence-corrected chi connectivity index (χ4v) is 3.96. The van der Waals surface area contributed by atoms with Crippen molar-refractivity contribution in [3.63, 3.8) is 0 Å². The normalized spacial score (nSPS) is 24.4. The molecule has 2 saturated heterocycles. The largest absolute Gasteiger partial charge is 0.337 e. The molecule has 6 heteroatoms. The number of aromatic nitrogens is 2. The molecule has 2 aromatic rings. The van der Waals surface area contributed by atoms with E-state index in [2.05, 4.69) is 9.88 Å². The molecule has 0 radical (unpaired) electrons. The first-order valence-electron chi connectivity index (χ1n) is 8.29. The number of hydrogen-bond donors (Lipinski definition) is 0. The molecule has 3 heterocycles. The van der Waals surface area contributed by atoms with Crippen LogP contribution in [0, 0.1) is 11.2 Å². The molecule has 0 unspecified atom stereocenters. The number of imidazole rings is 1. The van der Waals surface area contributed by atoms with Crippen LogP contribution in [-0.4, -0.2) is 40.0 Å². The van der Waals surface area contributed by atoms with Gasteiger partial charge in [-0.05, 0) is 31.2 Å². The maximum Gasteiger partial charge on any atom is 0.227 e. The van der Waals surface area contributed by atoms with Crippen LogP contribution >= 0.6 is 0 Å². The molecule has 2 fully saturated rings. The van der Waals surface area contributed by atoms with Crippen LogP contribution in [-0.2, 0) is 18.4 Å². The van der Waals surface area contributed by atoms with Crippen LogP contribution < -0.4 is 4.90 Å². The SMILES string of the molecule is Cn1ccnc1CN1CC[C@@]2(CC(=O)N(c3cccc(F)c3)C2)C1. The van der Waals surface area contributed by atoms with Gasteiger partial charge < -0.3 is 9.47 Å². The second-order valence-electron chi connectivity index (χ2n) is 7.05. The minimum absolute atomic E-state index is 0.0193. The second-order valence-corrected chi connectivity index (χ2v) is 7.05. The van der Waals surface area contributed by atoms with E-state index in [4.69, 9.17) is 0 Å². The Morgan fingerprint density at radius 3 is 2.96 bits per heavy atom. The number of nitrogens with zero attached hydrogens (tertiary/aromatic N) is 4. The van der Waals surface area contributed by atoms with Gasteiger partial charge in [0.1, 0.15) is 11.6 Å². The Morgan fingerprint density at radius 2 is 2.21 bits per heavy atom. The number of amides is 1. The standard InChI is InChI=1S/C18H21FN4O/c1-21-8-6-20-16(21)11-22-7-5-18(12-22)10-17(24)23(13-18)15-4-2-3-14(19)9-15/h2-4,6,8-9H,5,7,10-13H2,1H3/t18-/m1/s1. The maximum absolute atomic E-state index is 13.5. The average molecular weight is 328 g/mol. The molecule has 1 atom stereocenters. The lowest BCUT2D eigenvalue weighted by molar-refractivity contribution is -0.117. The lowest BCUT2D eigenvalue weighted by Gasteiger charge is -2.24.